The molecule has 0 spiro atoms. The molecule has 2 aromatic heterocycles. The number of nitrogens with one attached hydrogen (secondary N) is 1. The zero-order chi connectivity index (χ0) is 22.2. The molecule has 32 heavy (non-hydrogen) atoms. The van der Waals surface area contributed by atoms with Gasteiger partial charge < -0.3 is 20.7 Å². The third-order valence-corrected chi connectivity index (χ3v) is 6.70. The van der Waals surface area contributed by atoms with Crippen molar-refractivity contribution in [3.63, 3.8) is 0 Å². The van der Waals surface area contributed by atoms with Crippen LogP contribution in [-0.4, -0.2) is 51.3 Å². The van der Waals surface area contributed by atoms with Gasteiger partial charge >= 0.3 is 0 Å². The van der Waals surface area contributed by atoms with Gasteiger partial charge in [0.1, 0.15) is 5.75 Å². The Hall–Kier alpha value is -3.20. The largest absolute Gasteiger partial charge is 0.495 e. The van der Waals surface area contributed by atoms with E-state index >= 15 is 0 Å². The van der Waals surface area contributed by atoms with Crippen molar-refractivity contribution in [2.24, 2.45) is 11.7 Å². The van der Waals surface area contributed by atoms with Crippen molar-refractivity contribution in [1.82, 2.24) is 24.6 Å². The number of nitrogens with zero attached hydrogens (tertiary/aromatic N) is 5. The quantitative estimate of drug-likeness (QED) is 0.634. The predicted molar refractivity (Wildman–Crippen MR) is 122 cm³/mol. The second-order valence-corrected chi connectivity index (χ2v) is 8.92. The number of amides is 1. The topological polar surface area (TPSA) is 111 Å². The van der Waals surface area contributed by atoms with Gasteiger partial charge in [-0.3, -0.25) is 4.79 Å². The number of carbonyl (C=O) groups is 1. The molecule has 1 fully saturated rings. The summed E-state index contributed by atoms with van der Waals surface area (Å²) >= 11 is 0. The molecule has 1 aromatic carbocycles. The molecule has 0 saturated heterocycles. The summed E-state index contributed by atoms with van der Waals surface area (Å²) in [7, 11) is 3.81. The number of ether oxygens (including phenoxy) is 1. The summed E-state index contributed by atoms with van der Waals surface area (Å²) in [5.41, 5.74) is 9.78. The Labute approximate surface area is 187 Å². The van der Waals surface area contributed by atoms with E-state index in [1.807, 2.05) is 4.68 Å². The van der Waals surface area contributed by atoms with Crippen LogP contribution in [0, 0.1) is 5.92 Å². The van der Waals surface area contributed by atoms with Gasteiger partial charge in [-0.2, -0.15) is 10.1 Å². The lowest BCUT2D eigenvalue weighted by atomic mass is 9.85. The van der Waals surface area contributed by atoms with Crippen LogP contribution < -0.4 is 15.8 Å². The van der Waals surface area contributed by atoms with Crippen molar-refractivity contribution < 1.29 is 9.53 Å². The third kappa shape index (κ3) is 3.88. The number of likely N-dealkylation sites (N-methyl/N-ethyl adjacent to an activating group) is 1. The van der Waals surface area contributed by atoms with Crippen LogP contribution in [0.2, 0.25) is 0 Å². The minimum atomic E-state index is -0.228. The smallest absolute Gasteiger partial charge is 0.229 e. The normalized spacial score (nSPS) is 21.3. The Morgan fingerprint density at radius 3 is 2.94 bits per heavy atom. The van der Waals surface area contributed by atoms with E-state index in [0.29, 0.717) is 12.4 Å². The molecule has 9 nitrogen and oxygen atoms in total. The molecular weight excluding hydrogens is 406 g/mol. The molecule has 0 bridgehead atoms. The van der Waals surface area contributed by atoms with Crippen LogP contribution in [0.4, 0.5) is 11.6 Å². The number of fused-ring (bicyclic) bond motifs is 2. The number of hydrogen-bond donors (Lipinski definition) is 2. The fourth-order valence-corrected chi connectivity index (χ4v) is 4.92. The number of methoxy groups -OCH3 is 1. The van der Waals surface area contributed by atoms with Crippen molar-refractivity contribution in [2.75, 3.05) is 26.0 Å². The second-order valence-electron chi connectivity index (χ2n) is 8.92. The average Bonchev–Trinajstić information content (AvgIpc) is 3.22. The highest BCUT2D eigenvalue weighted by molar-refractivity contribution is 5.77. The fourth-order valence-electron chi connectivity index (χ4n) is 4.92. The zero-order valence-corrected chi connectivity index (χ0v) is 18.5. The van der Waals surface area contributed by atoms with E-state index in [2.05, 4.69) is 39.5 Å². The molecule has 9 heteroatoms. The molecule has 168 valence electrons. The summed E-state index contributed by atoms with van der Waals surface area (Å²) in [6, 6.07) is 4.35. The first-order chi connectivity index (χ1) is 15.5. The summed E-state index contributed by atoms with van der Waals surface area (Å²) in [6.45, 7) is 1.95. The van der Waals surface area contributed by atoms with E-state index in [-0.39, 0.29) is 17.9 Å². The van der Waals surface area contributed by atoms with E-state index in [4.69, 9.17) is 15.5 Å². The van der Waals surface area contributed by atoms with Crippen molar-refractivity contribution in [3.05, 3.63) is 35.7 Å². The summed E-state index contributed by atoms with van der Waals surface area (Å²) < 4.78 is 7.57. The molecule has 1 aliphatic carbocycles. The molecular formula is C23H29N7O2. The van der Waals surface area contributed by atoms with Crippen molar-refractivity contribution in [2.45, 2.75) is 44.7 Å². The van der Waals surface area contributed by atoms with Crippen molar-refractivity contribution in [1.29, 1.82) is 0 Å². The van der Waals surface area contributed by atoms with E-state index in [0.717, 1.165) is 61.2 Å². The van der Waals surface area contributed by atoms with Crippen LogP contribution in [0.15, 0.2) is 24.5 Å². The first-order valence-electron chi connectivity index (χ1n) is 11.2. The van der Waals surface area contributed by atoms with Crippen LogP contribution in [0.1, 0.15) is 42.9 Å². The number of rotatable bonds is 5. The average molecular weight is 436 g/mol. The number of carbonyl (C=O) groups excluding carboxylic acids is 1. The highest BCUT2D eigenvalue weighted by Crippen LogP contribution is 2.35. The van der Waals surface area contributed by atoms with Crippen molar-refractivity contribution >= 4 is 28.6 Å². The lowest BCUT2D eigenvalue weighted by Crippen LogP contribution is -2.30. The van der Waals surface area contributed by atoms with Gasteiger partial charge in [-0.05, 0) is 56.0 Å². The Bertz CT molecular complexity index is 1160. The lowest BCUT2D eigenvalue weighted by Gasteiger charge is -2.27. The van der Waals surface area contributed by atoms with Crippen LogP contribution >= 0.6 is 0 Å². The Balaban J connectivity index is 1.45. The maximum Gasteiger partial charge on any atom is 0.229 e. The van der Waals surface area contributed by atoms with Crippen LogP contribution in [0.5, 0.6) is 5.75 Å². The minimum absolute atomic E-state index is 0.106. The molecule has 5 rings (SSSR count). The summed E-state index contributed by atoms with van der Waals surface area (Å²) in [6.07, 6.45) is 8.03. The maximum atomic E-state index is 11.7. The maximum absolute atomic E-state index is 11.7. The standard InChI is InChI=1S/C23H29N7O2/c1-29-7-6-14-10-20(32-2)19(9-16(14)13-29)27-23-25-11-17-12-26-30(22(17)28-23)18-5-3-4-15(8-18)21(24)31/h9-12,15,18H,3-8,13H2,1-2H3,(H2,24,31)(H,25,27,28)/t15-,18-/m0/s1. The SMILES string of the molecule is COc1cc2c(cc1Nc1ncc3cnn([C@H]4CCC[C@H](C(N)=O)C4)c3n1)CN(C)CC2. The molecule has 2 aliphatic rings. The minimum Gasteiger partial charge on any atom is -0.495 e. The lowest BCUT2D eigenvalue weighted by molar-refractivity contribution is -0.123. The van der Waals surface area contributed by atoms with Gasteiger partial charge in [0.05, 0.1) is 30.4 Å². The summed E-state index contributed by atoms with van der Waals surface area (Å²) in [5, 5.41) is 8.78. The Morgan fingerprint density at radius 1 is 1.25 bits per heavy atom. The number of aromatic nitrogens is 4. The molecule has 1 aliphatic heterocycles. The molecule has 3 heterocycles. The van der Waals surface area contributed by atoms with Crippen LogP contribution in [0.3, 0.4) is 0 Å². The molecule has 1 amide bonds. The van der Waals surface area contributed by atoms with Gasteiger partial charge in [-0.25, -0.2) is 9.67 Å². The predicted octanol–water partition coefficient (Wildman–Crippen LogP) is 2.78. The van der Waals surface area contributed by atoms with Gasteiger partial charge in [0.15, 0.2) is 5.65 Å². The fraction of sp³-hybridized carbons (Fsp3) is 0.478. The van der Waals surface area contributed by atoms with E-state index in [1.165, 1.54) is 11.1 Å². The molecule has 3 N–H and O–H groups in total. The highest BCUT2D eigenvalue weighted by Gasteiger charge is 2.28. The van der Waals surface area contributed by atoms with Gasteiger partial charge in [0.2, 0.25) is 11.9 Å². The molecule has 0 unspecified atom stereocenters. The van der Waals surface area contributed by atoms with Crippen LogP contribution in [-0.2, 0) is 17.8 Å². The summed E-state index contributed by atoms with van der Waals surface area (Å²) in [4.78, 5) is 23.3. The molecule has 3 aromatic rings. The second kappa shape index (κ2) is 8.38. The van der Waals surface area contributed by atoms with E-state index in [9.17, 15) is 4.79 Å². The number of benzene rings is 1. The molecule has 1 saturated carbocycles. The zero-order valence-electron chi connectivity index (χ0n) is 18.5. The van der Waals surface area contributed by atoms with E-state index in [1.54, 1.807) is 19.5 Å². The van der Waals surface area contributed by atoms with Gasteiger partial charge in [0, 0.05) is 25.2 Å². The highest BCUT2D eigenvalue weighted by atomic mass is 16.5. The monoisotopic (exact) mass is 435 g/mol. The summed E-state index contributed by atoms with van der Waals surface area (Å²) in [5.74, 6) is 0.935. The molecule has 0 radical (unpaired) electrons. The first kappa shape index (κ1) is 20.7. The Morgan fingerprint density at radius 2 is 2.12 bits per heavy atom. The molecule has 2 atom stereocenters. The van der Waals surface area contributed by atoms with Gasteiger partial charge in [-0.15, -0.1) is 0 Å². The van der Waals surface area contributed by atoms with E-state index < -0.39 is 0 Å². The third-order valence-electron chi connectivity index (χ3n) is 6.70. The number of hydrogen-bond acceptors (Lipinski definition) is 7. The van der Waals surface area contributed by atoms with Crippen LogP contribution in [0.25, 0.3) is 11.0 Å². The van der Waals surface area contributed by atoms with Gasteiger partial charge in [0.25, 0.3) is 0 Å². The van der Waals surface area contributed by atoms with Crippen molar-refractivity contribution in [3.8, 4) is 5.75 Å². The Kier molecular flexibility index (Phi) is 5.42. The number of anilines is 2. The number of primary amides is 1. The number of nitrogens with two attached hydrogens (primary N) is 1. The van der Waals surface area contributed by atoms with Gasteiger partial charge in [-0.1, -0.05) is 6.42 Å². The first-order valence-corrected chi connectivity index (χ1v) is 11.2.